The fraction of sp³-hybridized carbons (Fsp3) is 0.591. The van der Waals surface area contributed by atoms with Crippen molar-refractivity contribution < 1.29 is 5.11 Å². The van der Waals surface area contributed by atoms with Gasteiger partial charge in [-0.15, -0.1) is 0 Å². The maximum absolute atomic E-state index is 9.12. The van der Waals surface area contributed by atoms with Crippen LogP contribution in [0.1, 0.15) is 24.0 Å². The van der Waals surface area contributed by atoms with E-state index in [9.17, 15) is 0 Å². The minimum absolute atomic E-state index is 0.275. The Morgan fingerprint density at radius 1 is 1.04 bits per heavy atom. The second kappa shape index (κ2) is 8.13. The first-order valence-electron chi connectivity index (χ1n) is 10.3. The first-order valence-corrected chi connectivity index (χ1v) is 10.3. The number of aromatic nitrogens is 1. The molecule has 1 N–H and O–H groups in total. The minimum Gasteiger partial charge on any atom is -0.395 e. The molecule has 2 aromatic rings. The number of β-amino-alcohol motifs (C(OH)–C–C–N with tert-alkyl or cyclic N) is 1. The number of pyridine rings is 1. The summed E-state index contributed by atoms with van der Waals surface area (Å²) in [5.74, 6) is 0. The normalized spacial score (nSPS) is 20.5. The lowest BCUT2D eigenvalue weighted by atomic mass is 9.99. The maximum Gasteiger partial charge on any atom is 0.0723 e. The molecule has 0 radical (unpaired) electrons. The zero-order chi connectivity index (χ0) is 18.8. The number of aryl methyl sites for hydroxylation is 2. The summed E-state index contributed by atoms with van der Waals surface area (Å²) in [5.41, 5.74) is 5.06. The number of benzene rings is 1. The van der Waals surface area contributed by atoms with Crippen molar-refractivity contribution in [1.29, 1.82) is 0 Å². The van der Waals surface area contributed by atoms with Crippen molar-refractivity contribution in [2.45, 2.75) is 32.7 Å². The number of fused-ring (bicyclic) bond motifs is 1. The van der Waals surface area contributed by atoms with E-state index < -0.39 is 0 Å². The summed E-state index contributed by atoms with van der Waals surface area (Å²) in [5, 5.41) is 10.4. The molecular formula is C22H32N4O. The Labute approximate surface area is 162 Å². The van der Waals surface area contributed by atoms with Crippen molar-refractivity contribution in [2.75, 3.05) is 57.3 Å². The Hall–Kier alpha value is -1.69. The van der Waals surface area contributed by atoms with E-state index >= 15 is 0 Å². The fourth-order valence-corrected chi connectivity index (χ4v) is 4.76. The molecule has 0 amide bonds. The van der Waals surface area contributed by atoms with Crippen molar-refractivity contribution >= 4 is 16.6 Å². The van der Waals surface area contributed by atoms with Gasteiger partial charge in [0.05, 0.1) is 17.8 Å². The fourth-order valence-electron chi connectivity index (χ4n) is 4.76. The molecule has 0 bridgehead atoms. The van der Waals surface area contributed by atoms with Crippen LogP contribution in [0.5, 0.6) is 0 Å². The van der Waals surface area contributed by atoms with Gasteiger partial charge in [0.1, 0.15) is 0 Å². The monoisotopic (exact) mass is 368 g/mol. The van der Waals surface area contributed by atoms with E-state index in [2.05, 4.69) is 51.7 Å². The van der Waals surface area contributed by atoms with Crippen LogP contribution >= 0.6 is 0 Å². The Kier molecular flexibility index (Phi) is 5.62. The summed E-state index contributed by atoms with van der Waals surface area (Å²) in [6, 6.07) is 7.29. The molecule has 0 aliphatic carbocycles. The van der Waals surface area contributed by atoms with Gasteiger partial charge in [0.2, 0.25) is 0 Å². The summed E-state index contributed by atoms with van der Waals surface area (Å²) >= 11 is 0. The number of aliphatic hydroxyl groups excluding tert-OH is 1. The highest BCUT2D eigenvalue weighted by Gasteiger charge is 2.28. The Morgan fingerprint density at radius 2 is 1.78 bits per heavy atom. The van der Waals surface area contributed by atoms with E-state index in [-0.39, 0.29) is 6.61 Å². The molecule has 2 saturated heterocycles. The van der Waals surface area contributed by atoms with Gasteiger partial charge in [-0.3, -0.25) is 14.8 Å². The van der Waals surface area contributed by atoms with Gasteiger partial charge in [-0.25, -0.2) is 0 Å². The lowest BCUT2D eigenvalue weighted by Gasteiger charge is -2.43. The van der Waals surface area contributed by atoms with Crippen LogP contribution in [-0.2, 0) is 0 Å². The molecule has 5 heteroatoms. The third kappa shape index (κ3) is 3.96. The van der Waals surface area contributed by atoms with E-state index in [0.29, 0.717) is 6.04 Å². The first-order chi connectivity index (χ1) is 13.2. The zero-order valence-corrected chi connectivity index (χ0v) is 16.7. The largest absolute Gasteiger partial charge is 0.395 e. The smallest absolute Gasteiger partial charge is 0.0723 e. The van der Waals surface area contributed by atoms with E-state index in [1.807, 2.05) is 6.20 Å². The number of piperazine rings is 1. The minimum atomic E-state index is 0.275. The average Bonchev–Trinajstić information content (AvgIpc) is 2.69. The van der Waals surface area contributed by atoms with E-state index in [0.717, 1.165) is 51.3 Å². The van der Waals surface area contributed by atoms with Crippen LogP contribution in [0, 0.1) is 13.8 Å². The standard InChI is InChI=1S/C22H32N4O/c1-17-3-4-21-20(15-17)22(18(2)16-23-21)26-7-5-19(6-8-26)25-11-9-24(10-12-25)13-14-27/h3-4,15-16,19,27H,5-14H2,1-2H3. The molecule has 0 saturated carbocycles. The van der Waals surface area contributed by atoms with Crippen LogP contribution < -0.4 is 4.90 Å². The molecule has 2 aliphatic rings. The summed E-state index contributed by atoms with van der Waals surface area (Å²) in [6.45, 7) is 12.2. The van der Waals surface area contributed by atoms with Gasteiger partial charge in [0.15, 0.2) is 0 Å². The molecule has 2 fully saturated rings. The molecule has 0 atom stereocenters. The zero-order valence-electron chi connectivity index (χ0n) is 16.7. The topological polar surface area (TPSA) is 42.8 Å². The predicted molar refractivity (Wildman–Crippen MR) is 112 cm³/mol. The quantitative estimate of drug-likeness (QED) is 0.898. The van der Waals surface area contributed by atoms with E-state index in [1.165, 1.54) is 35.0 Å². The molecule has 0 unspecified atom stereocenters. The maximum atomic E-state index is 9.12. The number of piperidine rings is 1. The van der Waals surface area contributed by atoms with Crippen molar-refractivity contribution in [2.24, 2.45) is 0 Å². The highest BCUT2D eigenvalue weighted by Crippen LogP contribution is 2.32. The molecule has 3 heterocycles. The van der Waals surface area contributed by atoms with Crippen LogP contribution in [0.4, 0.5) is 5.69 Å². The second-order valence-corrected chi connectivity index (χ2v) is 8.13. The molecule has 2 aliphatic heterocycles. The van der Waals surface area contributed by atoms with Gasteiger partial charge in [-0.1, -0.05) is 11.6 Å². The lowest BCUT2D eigenvalue weighted by Crippen LogP contribution is -2.53. The van der Waals surface area contributed by atoms with Gasteiger partial charge < -0.3 is 10.0 Å². The summed E-state index contributed by atoms with van der Waals surface area (Å²) in [6.07, 6.45) is 4.49. The van der Waals surface area contributed by atoms with Crippen LogP contribution in [0.15, 0.2) is 24.4 Å². The first kappa shape index (κ1) is 18.7. The van der Waals surface area contributed by atoms with Crippen LogP contribution in [0.25, 0.3) is 10.9 Å². The molecule has 0 spiro atoms. The van der Waals surface area contributed by atoms with Crippen LogP contribution in [0.2, 0.25) is 0 Å². The number of aliphatic hydroxyl groups is 1. The third-order valence-corrected chi connectivity index (χ3v) is 6.30. The van der Waals surface area contributed by atoms with Gasteiger partial charge >= 0.3 is 0 Å². The summed E-state index contributed by atoms with van der Waals surface area (Å²) in [7, 11) is 0. The van der Waals surface area contributed by atoms with Crippen molar-refractivity contribution in [3.8, 4) is 0 Å². The number of hydrogen-bond acceptors (Lipinski definition) is 5. The van der Waals surface area contributed by atoms with Crippen molar-refractivity contribution in [3.63, 3.8) is 0 Å². The highest BCUT2D eigenvalue weighted by atomic mass is 16.3. The van der Waals surface area contributed by atoms with Gasteiger partial charge in [-0.05, 0) is 44.4 Å². The van der Waals surface area contributed by atoms with Crippen LogP contribution in [-0.4, -0.2) is 78.4 Å². The van der Waals surface area contributed by atoms with Crippen molar-refractivity contribution in [1.82, 2.24) is 14.8 Å². The van der Waals surface area contributed by atoms with Crippen molar-refractivity contribution in [3.05, 3.63) is 35.5 Å². The molecule has 1 aromatic heterocycles. The number of anilines is 1. The van der Waals surface area contributed by atoms with Crippen LogP contribution in [0.3, 0.4) is 0 Å². The molecule has 27 heavy (non-hydrogen) atoms. The molecular weight excluding hydrogens is 336 g/mol. The number of nitrogens with zero attached hydrogens (tertiary/aromatic N) is 4. The Balaban J connectivity index is 1.44. The molecule has 146 valence electrons. The Bertz CT molecular complexity index is 772. The molecule has 1 aromatic carbocycles. The molecule has 5 nitrogen and oxygen atoms in total. The van der Waals surface area contributed by atoms with Gasteiger partial charge in [-0.2, -0.15) is 0 Å². The number of hydrogen-bond donors (Lipinski definition) is 1. The third-order valence-electron chi connectivity index (χ3n) is 6.30. The summed E-state index contributed by atoms with van der Waals surface area (Å²) < 4.78 is 0. The number of rotatable bonds is 4. The Morgan fingerprint density at radius 3 is 2.48 bits per heavy atom. The lowest BCUT2D eigenvalue weighted by molar-refractivity contribution is 0.0747. The van der Waals surface area contributed by atoms with Gasteiger partial charge in [0.25, 0.3) is 0 Å². The molecule has 4 rings (SSSR count). The second-order valence-electron chi connectivity index (χ2n) is 8.13. The van der Waals surface area contributed by atoms with E-state index in [4.69, 9.17) is 5.11 Å². The van der Waals surface area contributed by atoms with Gasteiger partial charge in [0, 0.05) is 63.4 Å². The highest BCUT2D eigenvalue weighted by molar-refractivity contribution is 5.93. The summed E-state index contributed by atoms with van der Waals surface area (Å²) in [4.78, 5) is 12.3. The predicted octanol–water partition coefficient (Wildman–Crippen LogP) is 2.43. The SMILES string of the molecule is Cc1ccc2ncc(C)c(N3CCC(N4CCN(CCO)CC4)CC3)c2c1. The van der Waals surface area contributed by atoms with E-state index in [1.54, 1.807) is 0 Å². The average molecular weight is 369 g/mol.